The smallest absolute Gasteiger partial charge is 0.0704 e. The monoisotopic (exact) mass is 329 g/mol. The van der Waals surface area contributed by atoms with Gasteiger partial charge in [0.2, 0.25) is 0 Å². The van der Waals surface area contributed by atoms with E-state index >= 15 is 0 Å². The molecule has 0 fully saturated rings. The van der Waals surface area contributed by atoms with Gasteiger partial charge in [-0.25, -0.2) is 0 Å². The number of nitrogens with two attached hydrogens (primary N) is 1. The molecule has 3 heteroatoms. The lowest BCUT2D eigenvalue weighted by Crippen LogP contribution is -2.24. The molecule has 0 saturated heterocycles. The van der Waals surface area contributed by atoms with Crippen LogP contribution in [0.15, 0.2) is 18.2 Å². The SMILES string of the molecule is C#CCCOCCO[C@H]1CCc2cc(C(CN)CCC)ccc2C1. The number of terminal acetylenes is 1. The van der Waals surface area contributed by atoms with Gasteiger partial charge in [0.15, 0.2) is 0 Å². The molecule has 0 aliphatic heterocycles. The first kappa shape index (κ1) is 19.0. The van der Waals surface area contributed by atoms with Crippen molar-refractivity contribution >= 4 is 0 Å². The van der Waals surface area contributed by atoms with E-state index in [1.165, 1.54) is 29.5 Å². The molecule has 132 valence electrons. The van der Waals surface area contributed by atoms with Gasteiger partial charge in [-0.2, -0.15) is 0 Å². The molecule has 0 saturated carbocycles. The summed E-state index contributed by atoms with van der Waals surface area (Å²) < 4.78 is 11.4. The largest absolute Gasteiger partial charge is 0.378 e. The van der Waals surface area contributed by atoms with Crippen LogP contribution >= 0.6 is 0 Å². The highest BCUT2D eigenvalue weighted by Gasteiger charge is 2.20. The number of hydrogen-bond acceptors (Lipinski definition) is 3. The zero-order valence-corrected chi connectivity index (χ0v) is 14.9. The first-order valence-corrected chi connectivity index (χ1v) is 9.23. The summed E-state index contributed by atoms with van der Waals surface area (Å²) in [6.45, 7) is 4.85. The zero-order valence-electron chi connectivity index (χ0n) is 14.9. The van der Waals surface area contributed by atoms with Gasteiger partial charge in [-0.05, 0) is 54.8 Å². The van der Waals surface area contributed by atoms with Crippen LogP contribution in [0, 0.1) is 12.3 Å². The van der Waals surface area contributed by atoms with Crippen LogP contribution in [-0.2, 0) is 22.3 Å². The molecule has 1 aliphatic rings. The van der Waals surface area contributed by atoms with Crippen LogP contribution in [0.3, 0.4) is 0 Å². The molecule has 2 atom stereocenters. The van der Waals surface area contributed by atoms with Gasteiger partial charge in [0, 0.05) is 6.42 Å². The lowest BCUT2D eigenvalue weighted by Gasteiger charge is -2.26. The summed E-state index contributed by atoms with van der Waals surface area (Å²) in [7, 11) is 0. The third-order valence-corrected chi connectivity index (χ3v) is 4.78. The molecular weight excluding hydrogens is 298 g/mol. The summed E-state index contributed by atoms with van der Waals surface area (Å²) in [5, 5.41) is 0. The Balaban J connectivity index is 1.82. The van der Waals surface area contributed by atoms with Crippen molar-refractivity contribution in [1.29, 1.82) is 0 Å². The van der Waals surface area contributed by atoms with E-state index < -0.39 is 0 Å². The molecule has 1 aromatic rings. The minimum atomic E-state index is 0.306. The molecule has 1 unspecified atom stereocenters. The Labute approximate surface area is 146 Å². The van der Waals surface area contributed by atoms with E-state index in [0.717, 1.165) is 25.8 Å². The quantitative estimate of drug-likeness (QED) is 0.528. The van der Waals surface area contributed by atoms with Crippen LogP contribution in [0.1, 0.15) is 55.2 Å². The average Bonchev–Trinajstić information content (AvgIpc) is 2.62. The summed E-state index contributed by atoms with van der Waals surface area (Å²) in [6.07, 6.45) is 11.7. The molecule has 1 aromatic carbocycles. The van der Waals surface area contributed by atoms with Crippen molar-refractivity contribution < 1.29 is 9.47 Å². The Hall–Kier alpha value is -1.34. The maximum Gasteiger partial charge on any atom is 0.0704 e. The number of rotatable bonds is 10. The van der Waals surface area contributed by atoms with Gasteiger partial charge in [-0.15, -0.1) is 12.3 Å². The third-order valence-electron chi connectivity index (χ3n) is 4.78. The fraction of sp³-hybridized carbons (Fsp3) is 0.619. The number of fused-ring (bicyclic) bond motifs is 1. The molecule has 0 radical (unpaired) electrons. The Bertz CT molecular complexity index is 535. The van der Waals surface area contributed by atoms with Crippen LogP contribution in [0.5, 0.6) is 0 Å². The normalized spacial score (nSPS) is 18.0. The molecule has 3 nitrogen and oxygen atoms in total. The minimum absolute atomic E-state index is 0.306. The van der Waals surface area contributed by atoms with Gasteiger partial charge < -0.3 is 15.2 Å². The fourth-order valence-corrected chi connectivity index (χ4v) is 3.41. The van der Waals surface area contributed by atoms with E-state index in [-0.39, 0.29) is 0 Å². The third kappa shape index (κ3) is 5.63. The van der Waals surface area contributed by atoms with Crippen molar-refractivity contribution in [2.24, 2.45) is 5.73 Å². The molecular formula is C21H31NO2. The average molecular weight is 329 g/mol. The van der Waals surface area contributed by atoms with Gasteiger partial charge >= 0.3 is 0 Å². The Morgan fingerprint density at radius 3 is 2.92 bits per heavy atom. The van der Waals surface area contributed by atoms with Crippen molar-refractivity contribution in [2.45, 2.75) is 57.5 Å². The van der Waals surface area contributed by atoms with E-state index in [1.807, 2.05) is 0 Å². The summed E-state index contributed by atoms with van der Waals surface area (Å²) in [5.74, 6) is 3.06. The van der Waals surface area contributed by atoms with Crippen LogP contribution in [0.2, 0.25) is 0 Å². The van der Waals surface area contributed by atoms with Gasteiger partial charge in [-0.3, -0.25) is 0 Å². The topological polar surface area (TPSA) is 44.5 Å². The summed E-state index contributed by atoms with van der Waals surface area (Å²) in [4.78, 5) is 0. The summed E-state index contributed by atoms with van der Waals surface area (Å²) in [6, 6.07) is 6.92. The number of benzene rings is 1. The molecule has 0 bridgehead atoms. The molecule has 0 amide bonds. The van der Waals surface area contributed by atoms with Crippen molar-refractivity contribution in [3.05, 3.63) is 34.9 Å². The minimum Gasteiger partial charge on any atom is -0.378 e. The molecule has 0 heterocycles. The van der Waals surface area contributed by atoms with E-state index in [9.17, 15) is 0 Å². The standard InChI is InChI=1S/C21H31NO2/c1-3-5-11-23-12-13-24-21-10-9-17-14-18(7-8-19(17)15-21)20(16-22)6-4-2/h1,7-8,14,20-21H,4-6,9-13,15-16,22H2,2H3/t20?,21-/m0/s1. The predicted octanol–water partition coefficient (Wildman–Crippen LogP) is 3.44. The number of aryl methyl sites for hydroxylation is 1. The first-order valence-electron chi connectivity index (χ1n) is 9.23. The van der Waals surface area contributed by atoms with Gasteiger partial charge in [0.25, 0.3) is 0 Å². The van der Waals surface area contributed by atoms with Crippen LogP contribution in [0.25, 0.3) is 0 Å². The fourth-order valence-electron chi connectivity index (χ4n) is 3.41. The van der Waals surface area contributed by atoms with Crippen molar-refractivity contribution in [3.63, 3.8) is 0 Å². The predicted molar refractivity (Wildman–Crippen MR) is 99.2 cm³/mol. The maximum atomic E-state index is 5.96. The van der Waals surface area contributed by atoms with E-state index in [2.05, 4.69) is 31.0 Å². The van der Waals surface area contributed by atoms with E-state index in [1.54, 1.807) is 0 Å². The van der Waals surface area contributed by atoms with Crippen molar-refractivity contribution in [2.75, 3.05) is 26.4 Å². The number of hydrogen-bond donors (Lipinski definition) is 1. The zero-order chi connectivity index (χ0) is 17.2. The van der Waals surface area contributed by atoms with Crippen LogP contribution in [0.4, 0.5) is 0 Å². The molecule has 0 spiro atoms. The Morgan fingerprint density at radius 1 is 1.29 bits per heavy atom. The second-order valence-electron chi connectivity index (χ2n) is 6.55. The summed E-state index contributed by atoms with van der Waals surface area (Å²) in [5.41, 5.74) is 10.3. The lowest BCUT2D eigenvalue weighted by molar-refractivity contribution is 0.000647. The van der Waals surface area contributed by atoms with Crippen molar-refractivity contribution in [3.8, 4) is 12.3 Å². The number of ether oxygens (including phenoxy) is 2. The molecule has 1 aliphatic carbocycles. The second kappa shape index (κ2) is 10.5. The molecule has 0 aromatic heterocycles. The van der Waals surface area contributed by atoms with Gasteiger partial charge in [0.1, 0.15) is 0 Å². The lowest BCUT2D eigenvalue weighted by atomic mass is 9.85. The highest BCUT2D eigenvalue weighted by Crippen LogP contribution is 2.28. The van der Waals surface area contributed by atoms with Crippen LogP contribution < -0.4 is 5.73 Å². The Kier molecular flexibility index (Phi) is 8.32. The highest BCUT2D eigenvalue weighted by atomic mass is 16.5. The second-order valence-corrected chi connectivity index (χ2v) is 6.55. The van der Waals surface area contributed by atoms with Gasteiger partial charge in [-0.1, -0.05) is 31.5 Å². The van der Waals surface area contributed by atoms with Crippen LogP contribution in [-0.4, -0.2) is 32.5 Å². The first-order chi connectivity index (χ1) is 11.8. The molecule has 2 N–H and O–H groups in total. The van der Waals surface area contributed by atoms with Crippen molar-refractivity contribution in [1.82, 2.24) is 0 Å². The van der Waals surface area contributed by atoms with E-state index in [0.29, 0.717) is 38.3 Å². The molecule has 24 heavy (non-hydrogen) atoms. The molecule has 2 rings (SSSR count). The van der Waals surface area contributed by atoms with E-state index in [4.69, 9.17) is 21.6 Å². The maximum absolute atomic E-state index is 5.96. The Morgan fingerprint density at radius 2 is 2.17 bits per heavy atom. The highest BCUT2D eigenvalue weighted by molar-refractivity contribution is 5.36. The van der Waals surface area contributed by atoms with Gasteiger partial charge in [0.05, 0.1) is 25.9 Å². The summed E-state index contributed by atoms with van der Waals surface area (Å²) >= 11 is 0.